The van der Waals surface area contributed by atoms with E-state index in [0.29, 0.717) is 22.6 Å². The molecule has 0 radical (unpaired) electrons. The second-order valence-electron chi connectivity index (χ2n) is 5.32. The molecule has 0 spiro atoms. The summed E-state index contributed by atoms with van der Waals surface area (Å²) >= 11 is 6.26. The molecule has 3 nitrogen and oxygen atoms in total. The van der Waals surface area contributed by atoms with Crippen molar-refractivity contribution in [2.75, 3.05) is 0 Å². The third kappa shape index (κ3) is 2.04. The normalized spacial score (nSPS) is 23.5. The third-order valence-corrected chi connectivity index (χ3v) is 4.57. The number of esters is 1. The Morgan fingerprint density at radius 1 is 1.14 bits per heavy atom. The minimum atomic E-state index is -0.995. The molecule has 2 aromatic carbocycles. The molecular formula is C18H15ClO3. The van der Waals surface area contributed by atoms with Crippen molar-refractivity contribution >= 4 is 23.4 Å². The lowest BCUT2D eigenvalue weighted by atomic mass is 9.67. The molecule has 2 atom stereocenters. The van der Waals surface area contributed by atoms with E-state index in [1.54, 1.807) is 42.5 Å². The van der Waals surface area contributed by atoms with Crippen LogP contribution in [0.2, 0.25) is 5.02 Å². The lowest BCUT2D eigenvalue weighted by Gasteiger charge is -2.46. The Bertz CT molecular complexity index is 726. The highest BCUT2D eigenvalue weighted by molar-refractivity contribution is 6.32. The van der Waals surface area contributed by atoms with Crippen molar-refractivity contribution in [2.24, 2.45) is 0 Å². The van der Waals surface area contributed by atoms with Crippen LogP contribution in [0.3, 0.4) is 0 Å². The van der Waals surface area contributed by atoms with Gasteiger partial charge in [0.05, 0.1) is 0 Å². The monoisotopic (exact) mass is 314 g/mol. The summed E-state index contributed by atoms with van der Waals surface area (Å²) in [6.07, 6.45) is -0.369. The first-order valence-electron chi connectivity index (χ1n) is 7.16. The SMILES string of the molecule is CC[C@]1(c2ccccc2Cl)C(=O)O[C@@H]1C(=O)c1ccccc1. The number of ketones is 1. The Labute approximate surface area is 133 Å². The average Bonchev–Trinajstić information content (AvgIpc) is 2.55. The number of cyclic esters (lactones) is 1. The summed E-state index contributed by atoms with van der Waals surface area (Å²) in [4.78, 5) is 25.0. The van der Waals surface area contributed by atoms with E-state index >= 15 is 0 Å². The lowest BCUT2D eigenvalue weighted by Crippen LogP contribution is -2.63. The zero-order valence-corrected chi connectivity index (χ0v) is 12.8. The van der Waals surface area contributed by atoms with E-state index in [1.165, 1.54) is 0 Å². The summed E-state index contributed by atoms with van der Waals surface area (Å²) in [5.41, 5.74) is 0.195. The summed E-state index contributed by atoms with van der Waals surface area (Å²) in [6, 6.07) is 16.0. The highest BCUT2D eigenvalue weighted by atomic mass is 35.5. The van der Waals surface area contributed by atoms with Crippen LogP contribution in [0.5, 0.6) is 0 Å². The van der Waals surface area contributed by atoms with Crippen molar-refractivity contribution in [2.45, 2.75) is 24.9 Å². The summed E-state index contributed by atoms with van der Waals surface area (Å²) in [7, 11) is 0. The number of benzene rings is 2. The van der Waals surface area contributed by atoms with Gasteiger partial charge in [0.15, 0.2) is 6.10 Å². The number of carbonyl (C=O) groups excluding carboxylic acids is 2. The number of hydrogen-bond acceptors (Lipinski definition) is 3. The van der Waals surface area contributed by atoms with E-state index in [4.69, 9.17) is 16.3 Å². The molecule has 3 rings (SSSR count). The van der Waals surface area contributed by atoms with Crippen LogP contribution in [-0.4, -0.2) is 17.9 Å². The molecule has 0 aliphatic carbocycles. The lowest BCUT2D eigenvalue weighted by molar-refractivity contribution is -0.184. The van der Waals surface area contributed by atoms with E-state index in [0.717, 1.165) is 0 Å². The summed E-state index contributed by atoms with van der Waals surface area (Å²) in [5.74, 6) is -0.584. The van der Waals surface area contributed by atoms with Crippen molar-refractivity contribution in [1.29, 1.82) is 0 Å². The third-order valence-electron chi connectivity index (χ3n) is 4.25. The predicted octanol–water partition coefficient (Wildman–Crippen LogP) is 3.80. The molecule has 0 amide bonds. The summed E-state index contributed by atoms with van der Waals surface area (Å²) in [5, 5.41) is 0.479. The molecule has 2 aromatic rings. The topological polar surface area (TPSA) is 43.4 Å². The average molecular weight is 315 g/mol. The van der Waals surface area contributed by atoms with Crippen molar-refractivity contribution in [3.8, 4) is 0 Å². The van der Waals surface area contributed by atoms with Gasteiger partial charge in [0.25, 0.3) is 0 Å². The van der Waals surface area contributed by atoms with Gasteiger partial charge in [0.2, 0.25) is 5.78 Å². The van der Waals surface area contributed by atoms with Crippen molar-refractivity contribution in [3.05, 3.63) is 70.7 Å². The van der Waals surface area contributed by atoms with Gasteiger partial charge in [-0.25, -0.2) is 0 Å². The van der Waals surface area contributed by atoms with Gasteiger partial charge in [-0.05, 0) is 18.1 Å². The standard InChI is InChI=1S/C18H15ClO3/c1-2-18(13-10-6-7-11-14(13)19)16(22-17(18)21)15(20)12-8-4-3-5-9-12/h3-11,16H,2H2,1H3/t16-,18-/m1/s1. The number of hydrogen-bond donors (Lipinski definition) is 0. The van der Waals surface area contributed by atoms with Crippen LogP contribution in [0.4, 0.5) is 0 Å². The molecule has 0 unspecified atom stereocenters. The van der Waals surface area contributed by atoms with Gasteiger partial charge in [0, 0.05) is 10.6 Å². The van der Waals surface area contributed by atoms with Gasteiger partial charge in [0.1, 0.15) is 5.41 Å². The van der Waals surface area contributed by atoms with Crippen molar-refractivity contribution in [1.82, 2.24) is 0 Å². The molecule has 4 heteroatoms. The Morgan fingerprint density at radius 2 is 1.77 bits per heavy atom. The smallest absolute Gasteiger partial charge is 0.321 e. The molecule has 1 heterocycles. The van der Waals surface area contributed by atoms with E-state index < -0.39 is 17.5 Å². The molecule has 1 fully saturated rings. The molecule has 0 aromatic heterocycles. The molecule has 0 bridgehead atoms. The molecule has 0 saturated carbocycles. The van der Waals surface area contributed by atoms with Gasteiger partial charge < -0.3 is 4.74 Å². The first kappa shape index (κ1) is 14.8. The van der Waals surface area contributed by atoms with Gasteiger partial charge in [-0.3, -0.25) is 9.59 Å². The van der Waals surface area contributed by atoms with Crippen LogP contribution in [0, 0.1) is 0 Å². The molecule has 112 valence electrons. The minimum absolute atomic E-state index is 0.193. The molecular weight excluding hydrogens is 300 g/mol. The van der Waals surface area contributed by atoms with Crippen LogP contribution in [0.25, 0.3) is 0 Å². The van der Waals surface area contributed by atoms with Gasteiger partial charge >= 0.3 is 5.97 Å². The first-order chi connectivity index (χ1) is 10.6. The number of carbonyl (C=O) groups is 2. The zero-order chi connectivity index (χ0) is 15.7. The number of rotatable bonds is 4. The van der Waals surface area contributed by atoms with Crippen LogP contribution < -0.4 is 0 Å². The fourth-order valence-electron chi connectivity index (χ4n) is 2.99. The van der Waals surface area contributed by atoms with Crippen LogP contribution >= 0.6 is 11.6 Å². The maximum atomic E-state index is 12.7. The largest absolute Gasteiger partial charge is 0.452 e. The maximum absolute atomic E-state index is 12.7. The number of Topliss-reactive ketones (excluding diaryl/α,β-unsaturated/α-hetero) is 1. The van der Waals surface area contributed by atoms with E-state index in [1.807, 2.05) is 19.1 Å². The zero-order valence-electron chi connectivity index (χ0n) is 12.1. The quantitative estimate of drug-likeness (QED) is 0.637. The van der Waals surface area contributed by atoms with Crippen molar-refractivity contribution in [3.63, 3.8) is 0 Å². The number of halogens is 1. The van der Waals surface area contributed by atoms with Gasteiger partial charge in [-0.1, -0.05) is 67.1 Å². The second-order valence-corrected chi connectivity index (χ2v) is 5.73. The Morgan fingerprint density at radius 3 is 2.36 bits per heavy atom. The molecule has 1 saturated heterocycles. The van der Waals surface area contributed by atoms with Crippen LogP contribution in [-0.2, 0) is 14.9 Å². The maximum Gasteiger partial charge on any atom is 0.321 e. The van der Waals surface area contributed by atoms with E-state index in [9.17, 15) is 9.59 Å². The van der Waals surface area contributed by atoms with E-state index in [2.05, 4.69) is 0 Å². The fraction of sp³-hybridized carbons (Fsp3) is 0.222. The molecule has 0 N–H and O–H groups in total. The predicted molar refractivity (Wildman–Crippen MR) is 84.1 cm³/mol. The summed E-state index contributed by atoms with van der Waals surface area (Å²) in [6.45, 7) is 1.87. The Balaban J connectivity index is 2.05. The first-order valence-corrected chi connectivity index (χ1v) is 7.54. The van der Waals surface area contributed by atoms with Crippen LogP contribution in [0.1, 0.15) is 29.3 Å². The Kier molecular flexibility index (Phi) is 3.75. The highest BCUT2D eigenvalue weighted by Crippen LogP contribution is 2.46. The van der Waals surface area contributed by atoms with E-state index in [-0.39, 0.29) is 5.78 Å². The number of ether oxygens (including phenoxy) is 1. The summed E-state index contributed by atoms with van der Waals surface area (Å²) < 4.78 is 5.22. The second kappa shape index (κ2) is 5.58. The van der Waals surface area contributed by atoms with Gasteiger partial charge in [-0.15, -0.1) is 0 Å². The highest BCUT2D eigenvalue weighted by Gasteiger charge is 2.61. The minimum Gasteiger partial charge on any atom is -0.452 e. The van der Waals surface area contributed by atoms with Crippen molar-refractivity contribution < 1.29 is 14.3 Å². The van der Waals surface area contributed by atoms with Gasteiger partial charge in [-0.2, -0.15) is 0 Å². The Hall–Kier alpha value is -2.13. The molecule has 22 heavy (non-hydrogen) atoms. The fourth-order valence-corrected chi connectivity index (χ4v) is 3.29. The molecule has 1 aliphatic heterocycles. The molecule has 1 aliphatic rings. The van der Waals surface area contributed by atoms with Crippen LogP contribution in [0.15, 0.2) is 54.6 Å².